The van der Waals surface area contributed by atoms with Crippen molar-refractivity contribution in [1.82, 2.24) is 15.3 Å². The maximum atomic E-state index is 12.2. The van der Waals surface area contributed by atoms with Crippen LogP contribution < -0.4 is 15.4 Å². The smallest absolute Gasteiger partial charge is 0.319 e. The monoisotopic (exact) mass is 411 g/mol. The van der Waals surface area contributed by atoms with Gasteiger partial charge in [0.15, 0.2) is 0 Å². The number of hydrogen-bond donors (Lipinski definition) is 3. The number of carbonyl (C=O) groups excluding carboxylic acids is 1. The van der Waals surface area contributed by atoms with Crippen LogP contribution in [0.25, 0.3) is 10.9 Å². The van der Waals surface area contributed by atoms with Crippen molar-refractivity contribution in [2.24, 2.45) is 0 Å². The summed E-state index contributed by atoms with van der Waals surface area (Å²) in [5.41, 5.74) is 4.57. The number of aromatic nitrogens is 2. The molecule has 4 rings (SSSR count). The third kappa shape index (κ3) is 4.82. The zero-order chi connectivity index (χ0) is 21.6. The minimum atomic E-state index is -0.298. The molecular formula is C24H21N5O2. The Kier molecular flexibility index (Phi) is 5.81. The molecule has 3 N–H and O–H groups in total. The van der Waals surface area contributed by atoms with Gasteiger partial charge in [0, 0.05) is 29.7 Å². The second-order valence-electron chi connectivity index (χ2n) is 7.07. The Morgan fingerprint density at radius 2 is 2.06 bits per heavy atom. The Bertz CT molecular complexity index is 1260. The normalized spacial score (nSPS) is 10.5. The molecular weight excluding hydrogens is 390 g/mol. The molecule has 154 valence electrons. The van der Waals surface area contributed by atoms with Crippen LogP contribution in [-0.2, 0) is 6.42 Å². The fraction of sp³-hybridized carbons (Fsp3) is 0.125. The van der Waals surface area contributed by atoms with Crippen LogP contribution in [-0.4, -0.2) is 22.5 Å². The second-order valence-corrected chi connectivity index (χ2v) is 7.07. The number of aryl methyl sites for hydroxylation is 1. The third-order valence-electron chi connectivity index (χ3n) is 4.87. The molecule has 0 radical (unpaired) electrons. The van der Waals surface area contributed by atoms with E-state index in [0.29, 0.717) is 29.4 Å². The van der Waals surface area contributed by atoms with Crippen LogP contribution in [0.3, 0.4) is 0 Å². The first-order valence-electron chi connectivity index (χ1n) is 9.87. The van der Waals surface area contributed by atoms with Gasteiger partial charge in [-0.05, 0) is 48.7 Å². The zero-order valence-electron chi connectivity index (χ0n) is 17.0. The minimum absolute atomic E-state index is 0.298. The lowest BCUT2D eigenvalue weighted by Gasteiger charge is -2.09. The van der Waals surface area contributed by atoms with Gasteiger partial charge in [0.05, 0.1) is 23.5 Å². The molecule has 0 spiro atoms. The van der Waals surface area contributed by atoms with Crippen LogP contribution in [0.1, 0.15) is 16.7 Å². The lowest BCUT2D eigenvalue weighted by molar-refractivity contribution is 0.252. The maximum Gasteiger partial charge on any atom is 0.319 e. The highest BCUT2D eigenvalue weighted by molar-refractivity contribution is 5.89. The Labute approximate surface area is 179 Å². The average molecular weight is 411 g/mol. The van der Waals surface area contributed by atoms with Crippen LogP contribution in [0, 0.1) is 18.3 Å². The second kappa shape index (κ2) is 9.01. The van der Waals surface area contributed by atoms with E-state index in [1.54, 1.807) is 36.4 Å². The quantitative estimate of drug-likeness (QED) is 0.420. The summed E-state index contributed by atoms with van der Waals surface area (Å²) in [7, 11) is 0. The number of aromatic amines is 1. The number of nitrogens with one attached hydrogen (secondary N) is 3. The average Bonchev–Trinajstić information content (AvgIpc) is 3.20. The first kappa shape index (κ1) is 20.0. The van der Waals surface area contributed by atoms with Crippen LogP contribution in [0.15, 0.2) is 67.0 Å². The SMILES string of the molecule is Cc1cccc2c(CCNC(=O)Nc3ccc(Oc4cccc(C#N)c4)nc3)c[nH]c12. The maximum absolute atomic E-state index is 12.2. The molecule has 31 heavy (non-hydrogen) atoms. The van der Waals surface area contributed by atoms with E-state index in [4.69, 9.17) is 10.00 Å². The molecule has 0 aliphatic heterocycles. The van der Waals surface area contributed by atoms with E-state index < -0.39 is 0 Å². The van der Waals surface area contributed by atoms with Crippen LogP contribution in [0.4, 0.5) is 10.5 Å². The number of anilines is 1. The number of carbonyl (C=O) groups is 1. The van der Waals surface area contributed by atoms with Gasteiger partial charge >= 0.3 is 6.03 Å². The number of ether oxygens (including phenoxy) is 1. The highest BCUT2D eigenvalue weighted by Gasteiger charge is 2.07. The molecule has 0 aliphatic rings. The molecule has 0 aliphatic carbocycles. The van der Waals surface area contributed by atoms with Gasteiger partial charge in [-0.1, -0.05) is 24.3 Å². The summed E-state index contributed by atoms with van der Waals surface area (Å²) in [6, 6.07) is 18.1. The highest BCUT2D eigenvalue weighted by atomic mass is 16.5. The molecule has 7 nitrogen and oxygen atoms in total. The predicted octanol–water partition coefficient (Wildman–Crippen LogP) is 4.90. The van der Waals surface area contributed by atoms with Gasteiger partial charge < -0.3 is 20.4 Å². The zero-order valence-corrected chi connectivity index (χ0v) is 17.0. The van der Waals surface area contributed by atoms with E-state index in [9.17, 15) is 4.79 Å². The Morgan fingerprint density at radius 1 is 1.19 bits per heavy atom. The number of hydrogen-bond acceptors (Lipinski definition) is 4. The number of para-hydroxylation sites is 1. The highest BCUT2D eigenvalue weighted by Crippen LogP contribution is 2.22. The Hall–Kier alpha value is -4.31. The first-order chi connectivity index (χ1) is 15.1. The molecule has 4 aromatic rings. The molecule has 2 heterocycles. The first-order valence-corrected chi connectivity index (χ1v) is 9.87. The Morgan fingerprint density at radius 3 is 2.87 bits per heavy atom. The van der Waals surface area contributed by atoms with Crippen LogP contribution in [0.5, 0.6) is 11.6 Å². The molecule has 0 bridgehead atoms. The van der Waals surface area contributed by atoms with E-state index in [0.717, 1.165) is 11.9 Å². The Balaban J connectivity index is 1.28. The number of pyridine rings is 1. The summed E-state index contributed by atoms with van der Waals surface area (Å²) in [6.45, 7) is 2.58. The number of H-pyrrole nitrogens is 1. The lowest BCUT2D eigenvalue weighted by Crippen LogP contribution is -2.30. The number of rotatable bonds is 6. The minimum Gasteiger partial charge on any atom is -0.439 e. The van der Waals surface area contributed by atoms with Gasteiger partial charge in [0.2, 0.25) is 5.88 Å². The number of urea groups is 1. The van der Waals surface area contributed by atoms with Crippen molar-refractivity contribution in [3.8, 4) is 17.7 Å². The van der Waals surface area contributed by atoms with Crippen molar-refractivity contribution in [2.45, 2.75) is 13.3 Å². The van der Waals surface area contributed by atoms with Crippen molar-refractivity contribution < 1.29 is 9.53 Å². The topological polar surface area (TPSA) is 103 Å². The summed E-state index contributed by atoms with van der Waals surface area (Å²) in [5, 5.41) is 15.8. The van der Waals surface area contributed by atoms with Crippen LogP contribution in [0.2, 0.25) is 0 Å². The van der Waals surface area contributed by atoms with Gasteiger partial charge in [0.25, 0.3) is 0 Å². The summed E-state index contributed by atoms with van der Waals surface area (Å²) >= 11 is 0. The summed E-state index contributed by atoms with van der Waals surface area (Å²) in [4.78, 5) is 19.7. The number of fused-ring (bicyclic) bond motifs is 1. The molecule has 0 fully saturated rings. The predicted molar refractivity (Wildman–Crippen MR) is 119 cm³/mol. The third-order valence-corrected chi connectivity index (χ3v) is 4.87. The van der Waals surface area contributed by atoms with Gasteiger partial charge in [0.1, 0.15) is 5.75 Å². The van der Waals surface area contributed by atoms with E-state index in [1.807, 2.05) is 12.3 Å². The van der Waals surface area contributed by atoms with Crippen molar-refractivity contribution >= 4 is 22.6 Å². The molecule has 0 saturated heterocycles. The molecule has 0 atom stereocenters. The molecule has 2 aromatic heterocycles. The fourth-order valence-corrected chi connectivity index (χ4v) is 3.32. The van der Waals surface area contributed by atoms with Gasteiger partial charge in [-0.25, -0.2) is 9.78 Å². The molecule has 0 unspecified atom stereocenters. The molecule has 2 amide bonds. The van der Waals surface area contributed by atoms with Gasteiger partial charge in [-0.15, -0.1) is 0 Å². The van der Waals surface area contributed by atoms with Crippen molar-refractivity contribution in [1.29, 1.82) is 5.26 Å². The van der Waals surface area contributed by atoms with Crippen molar-refractivity contribution in [2.75, 3.05) is 11.9 Å². The number of benzene rings is 2. The fourth-order valence-electron chi connectivity index (χ4n) is 3.32. The summed E-state index contributed by atoms with van der Waals surface area (Å²) < 4.78 is 5.64. The number of nitriles is 1. The van der Waals surface area contributed by atoms with Crippen LogP contribution >= 0.6 is 0 Å². The van der Waals surface area contributed by atoms with E-state index in [1.165, 1.54) is 22.7 Å². The van der Waals surface area contributed by atoms with Gasteiger partial charge in [-0.2, -0.15) is 5.26 Å². The molecule has 2 aromatic carbocycles. The molecule has 0 saturated carbocycles. The molecule has 7 heteroatoms. The summed E-state index contributed by atoms with van der Waals surface area (Å²) in [5.74, 6) is 0.896. The van der Waals surface area contributed by atoms with Gasteiger partial charge in [-0.3, -0.25) is 0 Å². The van der Waals surface area contributed by atoms with Crippen molar-refractivity contribution in [3.63, 3.8) is 0 Å². The van der Waals surface area contributed by atoms with E-state index in [-0.39, 0.29) is 6.03 Å². The largest absolute Gasteiger partial charge is 0.439 e. The summed E-state index contributed by atoms with van der Waals surface area (Å²) in [6.07, 6.45) is 4.24. The number of nitrogens with zero attached hydrogens (tertiary/aromatic N) is 2. The van der Waals surface area contributed by atoms with E-state index in [2.05, 4.69) is 45.7 Å². The van der Waals surface area contributed by atoms with Crippen molar-refractivity contribution in [3.05, 3.63) is 83.7 Å². The number of amides is 2. The van der Waals surface area contributed by atoms with E-state index >= 15 is 0 Å². The lowest BCUT2D eigenvalue weighted by atomic mass is 10.1. The standard InChI is InChI=1S/C24H21N5O2/c1-16-4-2-7-21-18(14-28-23(16)21)10-11-26-24(30)29-19-8-9-22(27-15-19)31-20-6-3-5-17(12-20)13-25/h2-9,12,14-15,28H,10-11H2,1H3,(H2,26,29,30).